The van der Waals surface area contributed by atoms with E-state index in [9.17, 15) is 21.6 Å². The molecule has 200 valence electrons. The van der Waals surface area contributed by atoms with Gasteiger partial charge in [-0.25, -0.2) is 21.8 Å². The van der Waals surface area contributed by atoms with E-state index >= 15 is 0 Å². The summed E-state index contributed by atoms with van der Waals surface area (Å²) >= 11 is 0. The first-order valence-corrected chi connectivity index (χ1v) is 15.0. The predicted octanol–water partition coefficient (Wildman–Crippen LogP) is 3.62. The minimum Gasteiger partial charge on any atom is -0.476 e. The third-order valence-electron chi connectivity index (χ3n) is 5.89. The fourth-order valence-electron chi connectivity index (χ4n) is 4.02. The Kier molecular flexibility index (Phi) is 7.22. The van der Waals surface area contributed by atoms with Gasteiger partial charge in [-0.3, -0.25) is 13.8 Å². The van der Waals surface area contributed by atoms with E-state index in [1.165, 1.54) is 40.8 Å². The van der Waals surface area contributed by atoms with Crippen molar-refractivity contribution in [2.45, 2.75) is 16.8 Å². The van der Waals surface area contributed by atoms with Crippen molar-refractivity contribution >= 4 is 43.1 Å². The van der Waals surface area contributed by atoms with Crippen molar-refractivity contribution in [1.82, 2.24) is 4.98 Å². The van der Waals surface area contributed by atoms with Crippen molar-refractivity contribution in [3.05, 3.63) is 109 Å². The molecular formula is C27H24N4O6S2. The summed E-state index contributed by atoms with van der Waals surface area (Å²) < 4.78 is 61.5. The van der Waals surface area contributed by atoms with E-state index < -0.39 is 32.1 Å². The number of nitrogens with one attached hydrogen (secondary N) is 2. The quantitative estimate of drug-likeness (QED) is 0.334. The molecule has 3 aromatic carbocycles. The predicted molar refractivity (Wildman–Crippen MR) is 147 cm³/mol. The Morgan fingerprint density at radius 3 is 2.28 bits per heavy atom. The molecule has 0 saturated carbocycles. The molecule has 10 nitrogen and oxygen atoms in total. The van der Waals surface area contributed by atoms with Gasteiger partial charge in [-0.15, -0.1) is 0 Å². The highest BCUT2D eigenvalue weighted by molar-refractivity contribution is 7.92. The number of nitrogens with zero attached hydrogens (tertiary/aromatic N) is 2. The Morgan fingerprint density at radius 2 is 1.56 bits per heavy atom. The van der Waals surface area contributed by atoms with Crippen molar-refractivity contribution in [1.29, 1.82) is 0 Å². The monoisotopic (exact) mass is 564 g/mol. The standard InChI is InChI=1S/C27H24N4O6S2/c32-27(29-21-13-15-22(16-14-21)39(35,36)30-26-12-6-7-17-28-26)25-18-31(23-10-4-5-11-24(23)37-25)38(33,34)19-20-8-2-1-3-9-20/h1-17,25H,18-19H2,(H,28,30)(H,29,32). The number of benzene rings is 3. The van der Waals surface area contributed by atoms with Crippen molar-refractivity contribution in [3.8, 4) is 5.75 Å². The van der Waals surface area contributed by atoms with Crippen LogP contribution in [-0.4, -0.2) is 40.4 Å². The number of para-hydroxylation sites is 2. The highest BCUT2D eigenvalue weighted by Gasteiger charge is 2.36. The van der Waals surface area contributed by atoms with E-state index in [4.69, 9.17) is 4.74 Å². The van der Waals surface area contributed by atoms with Gasteiger partial charge in [0.1, 0.15) is 11.6 Å². The summed E-state index contributed by atoms with van der Waals surface area (Å²) in [7, 11) is -7.73. The van der Waals surface area contributed by atoms with Gasteiger partial charge < -0.3 is 10.1 Å². The molecule has 1 amide bonds. The zero-order valence-electron chi connectivity index (χ0n) is 20.5. The topological polar surface area (TPSA) is 135 Å². The summed E-state index contributed by atoms with van der Waals surface area (Å²) in [6.07, 6.45) is 0.329. The maximum atomic E-state index is 13.4. The zero-order valence-corrected chi connectivity index (χ0v) is 22.1. The summed E-state index contributed by atoms with van der Waals surface area (Å²) in [5, 5.41) is 2.68. The molecule has 0 radical (unpaired) electrons. The minimum absolute atomic E-state index is 0.0211. The number of sulfonamides is 2. The second kappa shape index (κ2) is 10.8. The van der Waals surface area contributed by atoms with Crippen LogP contribution in [0, 0.1) is 0 Å². The number of carbonyl (C=O) groups excluding carboxylic acids is 1. The smallest absolute Gasteiger partial charge is 0.267 e. The van der Waals surface area contributed by atoms with Gasteiger partial charge in [-0.05, 0) is 54.1 Å². The molecule has 1 aromatic heterocycles. The van der Waals surface area contributed by atoms with Crippen LogP contribution >= 0.6 is 0 Å². The van der Waals surface area contributed by atoms with Gasteiger partial charge in [0.05, 0.1) is 22.9 Å². The second-order valence-electron chi connectivity index (χ2n) is 8.68. The highest BCUT2D eigenvalue weighted by Crippen LogP contribution is 2.36. The fourth-order valence-corrected chi connectivity index (χ4v) is 6.62. The maximum Gasteiger partial charge on any atom is 0.267 e. The third-order valence-corrected chi connectivity index (χ3v) is 8.98. The highest BCUT2D eigenvalue weighted by atomic mass is 32.2. The molecule has 2 N–H and O–H groups in total. The number of aromatic nitrogens is 1. The summed E-state index contributed by atoms with van der Waals surface area (Å²) in [6.45, 7) is -0.224. The van der Waals surface area contributed by atoms with Crippen LogP contribution in [0.3, 0.4) is 0 Å². The molecule has 0 bridgehead atoms. The molecular weight excluding hydrogens is 540 g/mol. The maximum absolute atomic E-state index is 13.4. The van der Waals surface area contributed by atoms with Gasteiger partial charge in [-0.1, -0.05) is 48.5 Å². The molecule has 2 heterocycles. The van der Waals surface area contributed by atoms with E-state index in [0.717, 1.165) is 0 Å². The molecule has 1 unspecified atom stereocenters. The van der Waals surface area contributed by atoms with Crippen LogP contribution in [0.25, 0.3) is 0 Å². The molecule has 12 heteroatoms. The van der Waals surface area contributed by atoms with Crippen LogP contribution in [0.2, 0.25) is 0 Å². The van der Waals surface area contributed by atoms with Gasteiger partial charge in [0.2, 0.25) is 10.0 Å². The largest absolute Gasteiger partial charge is 0.476 e. The van der Waals surface area contributed by atoms with Crippen molar-refractivity contribution in [2.24, 2.45) is 0 Å². The normalized spacial score (nSPS) is 15.1. The van der Waals surface area contributed by atoms with Gasteiger partial charge in [-0.2, -0.15) is 0 Å². The van der Waals surface area contributed by atoms with Crippen molar-refractivity contribution in [3.63, 3.8) is 0 Å². The summed E-state index contributed by atoms with van der Waals surface area (Å²) in [4.78, 5) is 17.1. The van der Waals surface area contributed by atoms with E-state index in [0.29, 0.717) is 16.9 Å². The summed E-state index contributed by atoms with van der Waals surface area (Å²) in [5.41, 5.74) is 1.29. The lowest BCUT2D eigenvalue weighted by atomic mass is 10.2. The Balaban J connectivity index is 1.32. The molecule has 0 aliphatic carbocycles. The SMILES string of the molecule is O=C(Nc1ccc(S(=O)(=O)Nc2ccccn2)cc1)C1CN(S(=O)(=O)Cc2ccccc2)c2ccccc2O1. The molecule has 1 aliphatic heterocycles. The number of carbonyl (C=O) groups is 1. The molecule has 39 heavy (non-hydrogen) atoms. The van der Waals surface area contributed by atoms with Gasteiger partial charge in [0, 0.05) is 11.9 Å². The number of anilines is 3. The first kappa shape index (κ1) is 26.2. The van der Waals surface area contributed by atoms with E-state index in [2.05, 4.69) is 15.0 Å². The molecule has 1 aliphatic rings. The number of hydrogen-bond acceptors (Lipinski definition) is 7. The summed E-state index contributed by atoms with van der Waals surface area (Å²) in [5.74, 6) is -0.371. The molecule has 4 aromatic rings. The van der Waals surface area contributed by atoms with Gasteiger partial charge >= 0.3 is 0 Å². The van der Waals surface area contributed by atoms with Crippen LogP contribution in [0.4, 0.5) is 17.2 Å². The third kappa shape index (κ3) is 6.02. The van der Waals surface area contributed by atoms with E-state index in [-0.39, 0.29) is 28.8 Å². The number of rotatable bonds is 8. The minimum atomic E-state index is -3.89. The van der Waals surface area contributed by atoms with Crippen molar-refractivity contribution in [2.75, 3.05) is 20.9 Å². The Hall–Kier alpha value is -4.42. The van der Waals surface area contributed by atoms with Gasteiger partial charge in [0.15, 0.2) is 6.10 Å². The van der Waals surface area contributed by atoms with E-state index in [1.54, 1.807) is 66.7 Å². The van der Waals surface area contributed by atoms with Crippen LogP contribution < -0.4 is 19.1 Å². The average Bonchev–Trinajstić information content (AvgIpc) is 2.93. The number of fused-ring (bicyclic) bond motifs is 1. The van der Waals surface area contributed by atoms with Crippen LogP contribution in [0.1, 0.15) is 5.56 Å². The molecule has 0 fully saturated rings. The molecule has 0 spiro atoms. The average molecular weight is 565 g/mol. The Labute approximate surface area is 226 Å². The molecule has 1 atom stereocenters. The number of ether oxygens (including phenoxy) is 1. The number of pyridine rings is 1. The number of hydrogen-bond donors (Lipinski definition) is 2. The molecule has 5 rings (SSSR count). The second-order valence-corrected chi connectivity index (χ2v) is 12.3. The Bertz CT molecular complexity index is 1680. The lowest BCUT2D eigenvalue weighted by molar-refractivity contribution is -0.122. The van der Waals surface area contributed by atoms with Crippen LogP contribution in [0.15, 0.2) is 108 Å². The van der Waals surface area contributed by atoms with Crippen LogP contribution in [0.5, 0.6) is 5.75 Å². The van der Waals surface area contributed by atoms with Gasteiger partial charge in [0.25, 0.3) is 15.9 Å². The first-order chi connectivity index (χ1) is 18.7. The summed E-state index contributed by atoms with van der Waals surface area (Å²) in [6, 6.07) is 25.8. The fraction of sp³-hybridized carbons (Fsp3) is 0.111. The first-order valence-electron chi connectivity index (χ1n) is 11.9. The van der Waals surface area contributed by atoms with Crippen molar-refractivity contribution < 1.29 is 26.4 Å². The lowest BCUT2D eigenvalue weighted by Crippen LogP contribution is -2.49. The Morgan fingerprint density at radius 1 is 0.872 bits per heavy atom. The van der Waals surface area contributed by atoms with E-state index in [1.807, 2.05) is 0 Å². The lowest BCUT2D eigenvalue weighted by Gasteiger charge is -2.34. The molecule has 0 saturated heterocycles. The van der Waals surface area contributed by atoms with Crippen LogP contribution in [-0.2, 0) is 30.6 Å². The number of amides is 1. The zero-order chi connectivity index (χ0) is 27.5.